The zero-order valence-corrected chi connectivity index (χ0v) is 12.4. The molecule has 2 aromatic rings. The molecule has 0 amide bonds. The molecule has 0 atom stereocenters. The number of hydrogen-bond donors (Lipinski definition) is 4. The molecule has 120 valence electrons. The van der Waals surface area contributed by atoms with E-state index in [1.54, 1.807) is 30.3 Å². The van der Waals surface area contributed by atoms with Crippen molar-refractivity contribution in [2.45, 2.75) is 4.90 Å². The molecule has 2 rings (SSSR count). The fourth-order valence-corrected chi connectivity index (χ4v) is 2.20. The summed E-state index contributed by atoms with van der Waals surface area (Å²) < 4.78 is 31.2. The van der Waals surface area contributed by atoms with Crippen molar-refractivity contribution in [1.82, 2.24) is 5.43 Å². The van der Waals surface area contributed by atoms with Gasteiger partial charge in [-0.25, -0.2) is 0 Å². The third kappa shape index (κ3) is 4.25. The van der Waals surface area contributed by atoms with Crippen LogP contribution < -0.4 is 10.9 Å². The Morgan fingerprint density at radius 1 is 1.09 bits per heavy atom. The Balaban J connectivity index is 2.25. The molecule has 2 aromatic carbocycles. The standard InChI is InChI=1S/C13H12N4O5S/c18-12-7-6-10(23(20,21)22)8-11(12)14-15-13(16-17-19)9-4-2-1-3-5-9/h1-8,14,18H,(H,15,16,19)(H,20,21,22). The van der Waals surface area contributed by atoms with Crippen molar-refractivity contribution in [3.05, 3.63) is 59.0 Å². The van der Waals surface area contributed by atoms with Gasteiger partial charge in [-0.2, -0.15) is 8.42 Å². The third-order valence-electron chi connectivity index (χ3n) is 2.77. The van der Waals surface area contributed by atoms with Gasteiger partial charge in [0.1, 0.15) is 5.75 Å². The summed E-state index contributed by atoms with van der Waals surface area (Å²) in [5, 5.41) is 15.5. The molecule has 9 nitrogen and oxygen atoms in total. The summed E-state index contributed by atoms with van der Waals surface area (Å²) in [4.78, 5) is 9.97. The quantitative estimate of drug-likeness (QED) is 0.163. The lowest BCUT2D eigenvalue weighted by atomic mass is 10.2. The second-order valence-corrected chi connectivity index (χ2v) is 5.72. The first-order valence-electron chi connectivity index (χ1n) is 6.20. The van der Waals surface area contributed by atoms with Gasteiger partial charge in [0.15, 0.2) is 5.84 Å². The Morgan fingerprint density at radius 2 is 1.78 bits per heavy atom. The van der Waals surface area contributed by atoms with E-state index in [0.29, 0.717) is 5.56 Å². The van der Waals surface area contributed by atoms with Gasteiger partial charge in [-0.05, 0) is 18.2 Å². The Kier molecular flexibility index (Phi) is 4.88. The fourth-order valence-electron chi connectivity index (χ4n) is 1.69. The van der Waals surface area contributed by atoms with E-state index in [4.69, 9.17) is 4.55 Å². The van der Waals surface area contributed by atoms with E-state index < -0.39 is 15.0 Å². The van der Waals surface area contributed by atoms with Crippen LogP contribution in [0.3, 0.4) is 0 Å². The molecule has 0 fully saturated rings. The first kappa shape index (κ1) is 16.4. The van der Waals surface area contributed by atoms with E-state index in [0.717, 1.165) is 18.2 Å². The number of aromatic hydroxyl groups is 1. The van der Waals surface area contributed by atoms with Gasteiger partial charge in [-0.15, -0.1) is 4.91 Å². The van der Waals surface area contributed by atoms with E-state index in [2.05, 4.69) is 21.2 Å². The maximum atomic E-state index is 11.1. The van der Waals surface area contributed by atoms with Gasteiger partial charge in [0.25, 0.3) is 10.1 Å². The van der Waals surface area contributed by atoms with Crippen LogP contribution in [0.4, 0.5) is 5.69 Å². The number of amidine groups is 1. The Hall–Kier alpha value is -2.98. The number of anilines is 1. The largest absolute Gasteiger partial charge is 0.506 e. The Morgan fingerprint density at radius 3 is 2.39 bits per heavy atom. The van der Waals surface area contributed by atoms with E-state index in [1.165, 1.54) is 0 Å². The first-order valence-corrected chi connectivity index (χ1v) is 7.64. The highest BCUT2D eigenvalue weighted by Gasteiger charge is 2.13. The van der Waals surface area contributed by atoms with E-state index in [-0.39, 0.29) is 17.3 Å². The molecule has 0 aromatic heterocycles. The molecule has 0 aliphatic heterocycles. The van der Waals surface area contributed by atoms with Crippen LogP contribution in [0, 0.1) is 4.91 Å². The number of rotatable bonds is 5. The zero-order chi connectivity index (χ0) is 16.9. The van der Waals surface area contributed by atoms with Crippen LogP contribution in [-0.4, -0.2) is 23.9 Å². The topological polar surface area (TPSA) is 140 Å². The van der Waals surface area contributed by atoms with E-state index in [1.807, 2.05) is 0 Å². The lowest BCUT2D eigenvalue weighted by Crippen LogP contribution is -2.30. The smallest absolute Gasteiger partial charge is 0.294 e. The summed E-state index contributed by atoms with van der Waals surface area (Å²) in [5.74, 6) is -0.228. The monoisotopic (exact) mass is 336 g/mol. The molecule has 0 aliphatic rings. The van der Waals surface area contributed by atoms with Crippen molar-refractivity contribution < 1.29 is 18.1 Å². The minimum Gasteiger partial charge on any atom is -0.506 e. The highest BCUT2D eigenvalue weighted by Crippen LogP contribution is 2.25. The SMILES string of the molecule is O=NN=C(NNc1cc(S(=O)(=O)O)ccc1O)c1ccccc1. The molecule has 10 heteroatoms. The van der Waals surface area contributed by atoms with Crippen LogP contribution in [0.2, 0.25) is 0 Å². The van der Waals surface area contributed by atoms with Gasteiger partial charge in [0.05, 0.1) is 15.9 Å². The predicted molar refractivity (Wildman–Crippen MR) is 83.5 cm³/mol. The molecule has 0 aliphatic carbocycles. The average Bonchev–Trinajstić information content (AvgIpc) is 2.52. The summed E-state index contributed by atoms with van der Waals surface area (Å²) in [7, 11) is -4.42. The van der Waals surface area contributed by atoms with Gasteiger partial charge in [-0.3, -0.25) is 15.4 Å². The maximum Gasteiger partial charge on any atom is 0.294 e. The number of benzene rings is 2. The highest BCUT2D eigenvalue weighted by molar-refractivity contribution is 7.85. The molecular formula is C13H12N4O5S. The minimum atomic E-state index is -4.42. The van der Waals surface area contributed by atoms with Gasteiger partial charge >= 0.3 is 0 Å². The van der Waals surface area contributed by atoms with Gasteiger partial charge in [0.2, 0.25) is 0 Å². The molecule has 0 unspecified atom stereocenters. The Bertz CT molecular complexity index is 837. The number of phenols is 1. The maximum absolute atomic E-state index is 11.1. The molecule has 0 saturated heterocycles. The second-order valence-electron chi connectivity index (χ2n) is 4.30. The van der Waals surface area contributed by atoms with Crippen LogP contribution in [0.5, 0.6) is 5.75 Å². The molecule has 4 N–H and O–H groups in total. The molecule has 0 saturated carbocycles. The number of nitrogens with zero attached hydrogens (tertiary/aromatic N) is 2. The predicted octanol–water partition coefficient (Wildman–Crippen LogP) is 1.68. The van der Waals surface area contributed by atoms with Gasteiger partial charge in [-0.1, -0.05) is 35.4 Å². The number of nitroso groups, excluding NO2 is 1. The van der Waals surface area contributed by atoms with Crippen LogP contribution in [0.15, 0.2) is 63.8 Å². The van der Waals surface area contributed by atoms with Crippen molar-refractivity contribution in [2.24, 2.45) is 10.4 Å². The lowest BCUT2D eigenvalue weighted by molar-refractivity contribution is 0.474. The van der Waals surface area contributed by atoms with E-state index in [9.17, 15) is 18.4 Å². The molecule has 0 spiro atoms. The second kappa shape index (κ2) is 6.85. The van der Waals surface area contributed by atoms with Crippen LogP contribution in [0.1, 0.15) is 5.56 Å². The van der Waals surface area contributed by atoms with Gasteiger partial charge < -0.3 is 5.11 Å². The van der Waals surface area contributed by atoms with Gasteiger partial charge in [0, 0.05) is 5.56 Å². The fraction of sp³-hybridized carbons (Fsp3) is 0. The summed E-state index contributed by atoms with van der Waals surface area (Å²) in [6.07, 6.45) is 0. The molecule has 0 heterocycles. The van der Waals surface area contributed by atoms with Crippen molar-refractivity contribution >= 4 is 21.6 Å². The number of hydrazine groups is 1. The van der Waals surface area contributed by atoms with Crippen LogP contribution in [-0.2, 0) is 10.1 Å². The van der Waals surface area contributed by atoms with Crippen molar-refractivity contribution in [3.8, 4) is 5.75 Å². The minimum absolute atomic E-state index is 0.0466. The third-order valence-corrected chi connectivity index (χ3v) is 3.62. The average molecular weight is 336 g/mol. The molecule has 0 bridgehead atoms. The van der Waals surface area contributed by atoms with Crippen molar-refractivity contribution in [3.63, 3.8) is 0 Å². The Labute approximate surface area is 131 Å². The zero-order valence-electron chi connectivity index (χ0n) is 11.5. The normalized spacial score (nSPS) is 11.8. The first-order chi connectivity index (χ1) is 10.9. The summed E-state index contributed by atoms with van der Waals surface area (Å²) in [5.41, 5.74) is 5.53. The van der Waals surface area contributed by atoms with E-state index >= 15 is 0 Å². The number of hydrogen-bond acceptors (Lipinski definition) is 6. The van der Waals surface area contributed by atoms with Crippen molar-refractivity contribution in [2.75, 3.05) is 5.43 Å². The highest BCUT2D eigenvalue weighted by atomic mass is 32.2. The molecular weight excluding hydrogens is 324 g/mol. The van der Waals surface area contributed by atoms with Crippen LogP contribution in [0.25, 0.3) is 0 Å². The summed E-state index contributed by atoms with van der Waals surface area (Å²) in [6, 6.07) is 11.7. The number of nitrogens with one attached hydrogen (secondary N) is 2. The molecule has 0 radical (unpaired) electrons. The molecule has 23 heavy (non-hydrogen) atoms. The summed E-state index contributed by atoms with van der Waals surface area (Å²) in [6.45, 7) is 0. The summed E-state index contributed by atoms with van der Waals surface area (Å²) >= 11 is 0. The lowest BCUT2D eigenvalue weighted by Gasteiger charge is -2.13. The van der Waals surface area contributed by atoms with Crippen molar-refractivity contribution in [1.29, 1.82) is 0 Å². The van der Waals surface area contributed by atoms with Crippen LogP contribution >= 0.6 is 0 Å². The number of phenolic OH excluding ortho intramolecular Hbond substituents is 1.